The molecule has 26 heavy (non-hydrogen) atoms. The smallest absolute Gasteiger partial charge is 0.410 e. The molecule has 0 bridgehead atoms. The number of carbonyl (C=O) groups is 1. The quantitative estimate of drug-likeness (QED) is 0.830. The number of carbonyl (C=O) groups excluding carboxylic acids is 1. The lowest BCUT2D eigenvalue weighted by Gasteiger charge is -2.40. The number of hydrogen-bond acceptors (Lipinski definition) is 4. The van der Waals surface area contributed by atoms with Crippen LogP contribution in [0.1, 0.15) is 17.5 Å². The van der Waals surface area contributed by atoms with Crippen molar-refractivity contribution in [3.63, 3.8) is 0 Å². The Labute approximate surface area is 154 Å². The third kappa shape index (κ3) is 4.84. The third-order valence-electron chi connectivity index (χ3n) is 4.62. The second-order valence-corrected chi connectivity index (χ2v) is 6.46. The van der Waals surface area contributed by atoms with Crippen molar-refractivity contribution in [1.29, 1.82) is 5.26 Å². The highest BCUT2D eigenvalue weighted by Gasteiger charge is 2.30. The molecule has 0 aliphatic carbocycles. The normalized spacial score (nSPS) is 17.5. The molecule has 0 saturated carbocycles. The predicted octanol–water partition coefficient (Wildman–Crippen LogP) is 3.42. The second-order valence-electron chi connectivity index (χ2n) is 6.46. The highest BCUT2D eigenvalue weighted by atomic mass is 16.6. The van der Waals surface area contributed by atoms with Gasteiger partial charge in [0.15, 0.2) is 0 Å². The average Bonchev–Trinajstić information content (AvgIpc) is 2.69. The number of ether oxygens (including phenoxy) is 1. The summed E-state index contributed by atoms with van der Waals surface area (Å²) in [6.45, 7) is 2.94. The van der Waals surface area contributed by atoms with Gasteiger partial charge in [-0.05, 0) is 11.1 Å². The minimum Gasteiger partial charge on any atom is -0.445 e. The molecule has 0 spiro atoms. The van der Waals surface area contributed by atoms with Crippen LogP contribution in [-0.4, -0.2) is 41.6 Å². The van der Waals surface area contributed by atoms with E-state index in [1.54, 1.807) is 4.90 Å². The monoisotopic (exact) mass is 349 g/mol. The van der Waals surface area contributed by atoms with Gasteiger partial charge in [-0.15, -0.1) is 0 Å². The molecule has 5 nitrogen and oxygen atoms in total. The van der Waals surface area contributed by atoms with Crippen molar-refractivity contribution >= 4 is 6.09 Å². The lowest BCUT2D eigenvalue weighted by atomic mass is 10.1. The Bertz CT molecular complexity index is 743. The average molecular weight is 349 g/mol. The maximum Gasteiger partial charge on any atom is 0.410 e. The Morgan fingerprint density at radius 2 is 1.69 bits per heavy atom. The number of nitrogens with zero attached hydrogens (tertiary/aromatic N) is 3. The van der Waals surface area contributed by atoms with Gasteiger partial charge in [-0.1, -0.05) is 60.7 Å². The van der Waals surface area contributed by atoms with E-state index in [0.29, 0.717) is 19.5 Å². The lowest BCUT2D eigenvalue weighted by Crippen LogP contribution is -2.54. The number of hydrogen-bond donors (Lipinski definition) is 0. The molecule has 1 fully saturated rings. The molecule has 2 aromatic rings. The van der Waals surface area contributed by atoms with E-state index >= 15 is 0 Å². The van der Waals surface area contributed by atoms with Crippen molar-refractivity contribution in [3.8, 4) is 6.07 Å². The van der Waals surface area contributed by atoms with Crippen molar-refractivity contribution in [1.82, 2.24) is 9.80 Å². The van der Waals surface area contributed by atoms with Crippen LogP contribution in [0.4, 0.5) is 4.79 Å². The molecule has 134 valence electrons. The van der Waals surface area contributed by atoms with Crippen LogP contribution in [-0.2, 0) is 17.9 Å². The minimum absolute atomic E-state index is 0.0261. The van der Waals surface area contributed by atoms with Gasteiger partial charge in [-0.25, -0.2) is 4.79 Å². The first-order chi connectivity index (χ1) is 12.8. The first-order valence-electron chi connectivity index (χ1n) is 8.87. The number of piperazine rings is 1. The van der Waals surface area contributed by atoms with E-state index in [0.717, 1.165) is 18.7 Å². The Morgan fingerprint density at radius 1 is 1.04 bits per heavy atom. The molecule has 0 radical (unpaired) electrons. The van der Waals surface area contributed by atoms with E-state index in [2.05, 4.69) is 23.1 Å². The fraction of sp³-hybridized carbons (Fsp3) is 0.333. The fourth-order valence-electron chi connectivity index (χ4n) is 3.19. The van der Waals surface area contributed by atoms with Gasteiger partial charge in [0, 0.05) is 32.2 Å². The molecule has 1 aliphatic rings. The Morgan fingerprint density at radius 3 is 2.35 bits per heavy atom. The molecular weight excluding hydrogens is 326 g/mol. The fourth-order valence-corrected chi connectivity index (χ4v) is 3.19. The summed E-state index contributed by atoms with van der Waals surface area (Å²) in [7, 11) is 0. The lowest BCUT2D eigenvalue weighted by molar-refractivity contribution is 0.0451. The van der Waals surface area contributed by atoms with Gasteiger partial charge >= 0.3 is 6.09 Å². The zero-order chi connectivity index (χ0) is 18.2. The summed E-state index contributed by atoms with van der Waals surface area (Å²) in [5.41, 5.74) is 2.19. The zero-order valence-electron chi connectivity index (χ0n) is 14.8. The molecule has 1 aliphatic heterocycles. The minimum atomic E-state index is -0.309. The Balaban J connectivity index is 1.56. The van der Waals surface area contributed by atoms with E-state index in [1.165, 1.54) is 5.56 Å². The van der Waals surface area contributed by atoms with Crippen molar-refractivity contribution in [2.45, 2.75) is 25.6 Å². The molecular formula is C21H23N3O2. The van der Waals surface area contributed by atoms with E-state index < -0.39 is 0 Å². The summed E-state index contributed by atoms with van der Waals surface area (Å²) < 4.78 is 5.43. The number of rotatable bonds is 5. The van der Waals surface area contributed by atoms with Crippen molar-refractivity contribution in [3.05, 3.63) is 71.8 Å². The maximum atomic E-state index is 12.4. The molecule has 3 rings (SSSR count). The molecule has 1 amide bonds. The van der Waals surface area contributed by atoms with Crippen LogP contribution in [0.3, 0.4) is 0 Å². The van der Waals surface area contributed by atoms with Crippen LogP contribution in [0.5, 0.6) is 0 Å². The van der Waals surface area contributed by atoms with Crippen LogP contribution in [0, 0.1) is 11.3 Å². The maximum absolute atomic E-state index is 12.4. The number of amides is 1. The second kappa shape index (κ2) is 9.02. The first kappa shape index (κ1) is 18.0. The van der Waals surface area contributed by atoms with E-state index in [-0.39, 0.29) is 18.7 Å². The van der Waals surface area contributed by atoms with E-state index in [9.17, 15) is 4.79 Å². The molecule has 1 saturated heterocycles. The van der Waals surface area contributed by atoms with Crippen molar-refractivity contribution in [2.75, 3.05) is 19.6 Å². The van der Waals surface area contributed by atoms with E-state index in [4.69, 9.17) is 10.00 Å². The number of nitriles is 1. The molecule has 0 aromatic heterocycles. The molecule has 1 atom stereocenters. The molecule has 2 aromatic carbocycles. The predicted molar refractivity (Wildman–Crippen MR) is 99.1 cm³/mol. The highest BCUT2D eigenvalue weighted by molar-refractivity contribution is 5.67. The van der Waals surface area contributed by atoms with Gasteiger partial charge in [0.2, 0.25) is 0 Å². The summed E-state index contributed by atoms with van der Waals surface area (Å²) in [6, 6.07) is 22.1. The van der Waals surface area contributed by atoms with Gasteiger partial charge in [-0.3, -0.25) is 4.90 Å². The molecule has 1 unspecified atom stereocenters. The molecule has 5 heteroatoms. The highest BCUT2D eigenvalue weighted by Crippen LogP contribution is 2.17. The van der Waals surface area contributed by atoms with Crippen LogP contribution < -0.4 is 0 Å². The number of benzene rings is 2. The van der Waals surface area contributed by atoms with Crippen LogP contribution in [0.15, 0.2) is 60.7 Å². The summed E-state index contributed by atoms with van der Waals surface area (Å²) in [5.74, 6) is 0. The molecule has 0 N–H and O–H groups in total. The van der Waals surface area contributed by atoms with Crippen LogP contribution in [0.25, 0.3) is 0 Å². The Hall–Kier alpha value is -2.84. The van der Waals surface area contributed by atoms with Gasteiger partial charge in [0.25, 0.3) is 0 Å². The summed E-state index contributed by atoms with van der Waals surface area (Å²) >= 11 is 0. The molecule has 1 heterocycles. The first-order valence-corrected chi connectivity index (χ1v) is 8.87. The summed E-state index contributed by atoms with van der Waals surface area (Å²) in [5, 5.41) is 9.17. The summed E-state index contributed by atoms with van der Waals surface area (Å²) in [4.78, 5) is 16.4. The Kier molecular flexibility index (Phi) is 6.24. The van der Waals surface area contributed by atoms with Gasteiger partial charge < -0.3 is 9.64 Å². The van der Waals surface area contributed by atoms with Crippen LogP contribution in [0.2, 0.25) is 0 Å². The van der Waals surface area contributed by atoms with Crippen molar-refractivity contribution < 1.29 is 9.53 Å². The van der Waals surface area contributed by atoms with Crippen LogP contribution >= 0.6 is 0 Å². The standard InChI is InChI=1S/C21H23N3O2/c22-12-11-20-16-24(21(25)26-17-19-9-5-2-6-10-19)14-13-23(20)15-18-7-3-1-4-8-18/h1-10,20H,11,13-17H2. The summed E-state index contributed by atoms with van der Waals surface area (Å²) in [6.07, 6.45) is 0.0890. The SMILES string of the molecule is N#CCC1CN(C(=O)OCc2ccccc2)CCN1Cc1ccccc1. The largest absolute Gasteiger partial charge is 0.445 e. The zero-order valence-corrected chi connectivity index (χ0v) is 14.8. The van der Waals surface area contributed by atoms with Gasteiger partial charge in [0.1, 0.15) is 6.61 Å². The van der Waals surface area contributed by atoms with Gasteiger partial charge in [-0.2, -0.15) is 5.26 Å². The van der Waals surface area contributed by atoms with E-state index in [1.807, 2.05) is 48.5 Å². The third-order valence-corrected chi connectivity index (χ3v) is 4.62. The van der Waals surface area contributed by atoms with Gasteiger partial charge in [0.05, 0.1) is 12.5 Å². The topological polar surface area (TPSA) is 56.6 Å². The van der Waals surface area contributed by atoms with Crippen molar-refractivity contribution in [2.24, 2.45) is 0 Å².